The van der Waals surface area contributed by atoms with E-state index in [1.165, 1.54) is 0 Å². The van der Waals surface area contributed by atoms with Crippen molar-refractivity contribution in [2.24, 2.45) is 11.3 Å². The van der Waals surface area contributed by atoms with E-state index in [4.69, 9.17) is 9.84 Å². The van der Waals surface area contributed by atoms with Gasteiger partial charge in [0.15, 0.2) is 0 Å². The van der Waals surface area contributed by atoms with Crippen LogP contribution in [-0.4, -0.2) is 58.9 Å². The number of aliphatic hydroxyl groups is 3. The molecular weight excluding hydrogens is 252 g/mol. The molecule has 0 spiro atoms. The fraction of sp³-hybridized carbons (Fsp3) is 0.769. The van der Waals surface area contributed by atoms with Crippen LogP contribution >= 0.6 is 0 Å². The van der Waals surface area contributed by atoms with Gasteiger partial charge in [-0.1, -0.05) is 6.58 Å². The molecule has 2 atom stereocenters. The van der Waals surface area contributed by atoms with Gasteiger partial charge in [-0.2, -0.15) is 0 Å². The average molecular weight is 274 g/mol. The lowest BCUT2D eigenvalue weighted by atomic mass is 9.80. The van der Waals surface area contributed by atoms with Gasteiger partial charge in [-0.15, -0.1) is 0 Å². The first-order valence-corrected chi connectivity index (χ1v) is 6.34. The second kappa shape index (κ2) is 7.00. The van der Waals surface area contributed by atoms with Crippen molar-refractivity contribution in [3.05, 3.63) is 12.2 Å². The van der Waals surface area contributed by atoms with E-state index in [0.29, 0.717) is 25.9 Å². The predicted molar refractivity (Wildman–Crippen MR) is 67.5 cm³/mol. The Morgan fingerprint density at radius 3 is 2.21 bits per heavy atom. The lowest BCUT2D eigenvalue weighted by Crippen LogP contribution is -2.34. The van der Waals surface area contributed by atoms with Gasteiger partial charge in [-0.3, -0.25) is 0 Å². The van der Waals surface area contributed by atoms with Crippen LogP contribution in [0.2, 0.25) is 0 Å². The summed E-state index contributed by atoms with van der Waals surface area (Å²) in [7, 11) is 0. The number of rotatable bonds is 10. The molecule has 0 aromatic heterocycles. The summed E-state index contributed by atoms with van der Waals surface area (Å²) in [5.74, 6) is -1.32. The van der Waals surface area contributed by atoms with Crippen LogP contribution in [0.1, 0.15) is 19.3 Å². The topological polar surface area (TPSA) is 111 Å². The average Bonchev–Trinajstić information content (AvgIpc) is 3.22. The molecule has 2 unspecified atom stereocenters. The van der Waals surface area contributed by atoms with E-state index in [1.54, 1.807) is 0 Å². The lowest BCUT2D eigenvalue weighted by Gasteiger charge is -2.29. The van der Waals surface area contributed by atoms with E-state index in [1.807, 2.05) is 0 Å². The third-order valence-corrected chi connectivity index (χ3v) is 3.75. The Balaban J connectivity index is 2.60. The van der Waals surface area contributed by atoms with Crippen LogP contribution in [0.3, 0.4) is 0 Å². The zero-order chi connectivity index (χ0) is 14.5. The van der Waals surface area contributed by atoms with E-state index in [9.17, 15) is 20.1 Å². The molecular formula is C13H22O6. The van der Waals surface area contributed by atoms with Gasteiger partial charge in [-0.25, -0.2) is 4.79 Å². The molecule has 4 N–H and O–H groups in total. The normalized spacial score (nSPS) is 20.1. The number of hydrogen-bond donors (Lipinski definition) is 4. The molecule has 0 aliphatic carbocycles. The highest BCUT2D eigenvalue weighted by atomic mass is 16.6. The van der Waals surface area contributed by atoms with Gasteiger partial charge < -0.3 is 25.2 Å². The van der Waals surface area contributed by atoms with Crippen molar-refractivity contribution in [3.8, 4) is 0 Å². The van der Waals surface area contributed by atoms with Gasteiger partial charge in [0, 0.05) is 11.0 Å². The highest BCUT2D eigenvalue weighted by Gasteiger charge is 2.33. The van der Waals surface area contributed by atoms with Crippen molar-refractivity contribution in [2.45, 2.75) is 25.4 Å². The summed E-state index contributed by atoms with van der Waals surface area (Å²) >= 11 is 0. The summed E-state index contributed by atoms with van der Waals surface area (Å²) in [5.41, 5.74) is -0.861. The summed E-state index contributed by atoms with van der Waals surface area (Å²) in [4.78, 5) is 11.0. The van der Waals surface area contributed by atoms with Crippen LogP contribution < -0.4 is 0 Å². The van der Waals surface area contributed by atoms with E-state index >= 15 is 0 Å². The highest BCUT2D eigenvalue weighted by molar-refractivity contribution is 5.86. The first-order valence-electron chi connectivity index (χ1n) is 6.34. The smallest absolute Gasteiger partial charge is 0.331 e. The number of carbonyl (C=O) groups is 1. The predicted octanol–water partition coefficient (Wildman–Crippen LogP) is -0.224. The Morgan fingerprint density at radius 1 is 1.32 bits per heavy atom. The lowest BCUT2D eigenvalue weighted by molar-refractivity contribution is -0.133. The number of carboxylic acid groups (broad SMARTS) is 1. The maximum atomic E-state index is 11.0. The van der Waals surface area contributed by atoms with Gasteiger partial charge in [0.2, 0.25) is 0 Å². The first-order chi connectivity index (χ1) is 8.98. The van der Waals surface area contributed by atoms with Crippen molar-refractivity contribution >= 4 is 5.97 Å². The molecule has 0 amide bonds. The third-order valence-electron chi connectivity index (χ3n) is 3.75. The first kappa shape index (κ1) is 16.1. The van der Waals surface area contributed by atoms with Crippen LogP contribution in [0.4, 0.5) is 0 Å². The number of carboxylic acids is 1. The van der Waals surface area contributed by atoms with Gasteiger partial charge in [0.1, 0.15) is 0 Å². The second-order valence-corrected chi connectivity index (χ2v) is 5.23. The van der Waals surface area contributed by atoms with Crippen LogP contribution in [0.25, 0.3) is 0 Å². The Bertz CT molecular complexity index is 311. The third kappa shape index (κ3) is 4.58. The summed E-state index contributed by atoms with van der Waals surface area (Å²) < 4.78 is 5.10. The van der Waals surface area contributed by atoms with Crippen molar-refractivity contribution in [1.29, 1.82) is 0 Å². The summed E-state index contributed by atoms with van der Waals surface area (Å²) in [6, 6.07) is 0. The van der Waals surface area contributed by atoms with Crippen LogP contribution in [-0.2, 0) is 9.53 Å². The fourth-order valence-electron chi connectivity index (χ4n) is 2.00. The number of aliphatic hydroxyl groups excluding tert-OH is 3. The second-order valence-electron chi connectivity index (χ2n) is 5.23. The quantitative estimate of drug-likeness (QED) is 0.324. The Kier molecular flexibility index (Phi) is 5.93. The number of epoxide rings is 1. The van der Waals surface area contributed by atoms with Crippen molar-refractivity contribution in [3.63, 3.8) is 0 Å². The van der Waals surface area contributed by atoms with Crippen molar-refractivity contribution in [1.82, 2.24) is 0 Å². The zero-order valence-corrected chi connectivity index (χ0v) is 10.9. The molecule has 1 rings (SSSR count). The maximum Gasteiger partial charge on any atom is 0.331 e. The van der Waals surface area contributed by atoms with E-state index in [2.05, 4.69) is 6.58 Å². The molecule has 1 heterocycles. The fourth-order valence-corrected chi connectivity index (χ4v) is 2.00. The molecule has 0 radical (unpaired) electrons. The monoisotopic (exact) mass is 274 g/mol. The molecule has 0 bridgehead atoms. The van der Waals surface area contributed by atoms with E-state index in [0.717, 1.165) is 0 Å². The highest BCUT2D eigenvalue weighted by Crippen LogP contribution is 2.32. The van der Waals surface area contributed by atoms with E-state index in [-0.39, 0.29) is 37.4 Å². The van der Waals surface area contributed by atoms with Gasteiger partial charge >= 0.3 is 5.97 Å². The standard InChI is InChI=1S/C13H22O6/c1-9(12(17)18)10(4-11-5-19-11)2-3-13(6-14,7-15)8-16/h10-11,14-16H,1-8H2,(H,17,18). The van der Waals surface area contributed by atoms with Crippen LogP contribution in [0, 0.1) is 11.3 Å². The van der Waals surface area contributed by atoms with Crippen molar-refractivity contribution in [2.75, 3.05) is 26.4 Å². The van der Waals surface area contributed by atoms with Crippen molar-refractivity contribution < 1.29 is 30.0 Å². The Morgan fingerprint density at radius 2 is 1.84 bits per heavy atom. The maximum absolute atomic E-state index is 11.0. The largest absolute Gasteiger partial charge is 0.478 e. The molecule has 1 saturated heterocycles. The zero-order valence-electron chi connectivity index (χ0n) is 10.9. The molecule has 1 aliphatic rings. The van der Waals surface area contributed by atoms with E-state index < -0.39 is 11.4 Å². The Hall–Kier alpha value is -0.950. The van der Waals surface area contributed by atoms with Gasteiger partial charge in [0.05, 0.1) is 32.5 Å². The summed E-state index contributed by atoms with van der Waals surface area (Å²) in [6.07, 6.45) is 1.42. The molecule has 6 nitrogen and oxygen atoms in total. The minimum absolute atomic E-state index is 0.0767. The molecule has 6 heteroatoms. The minimum atomic E-state index is -1.05. The SMILES string of the molecule is C=C(C(=O)O)C(CCC(CO)(CO)CO)CC1CO1. The number of ether oxygens (including phenoxy) is 1. The van der Waals surface area contributed by atoms with Crippen LogP contribution in [0.15, 0.2) is 12.2 Å². The molecule has 1 fully saturated rings. The van der Waals surface area contributed by atoms with Gasteiger partial charge in [0.25, 0.3) is 0 Å². The van der Waals surface area contributed by atoms with Crippen LogP contribution in [0.5, 0.6) is 0 Å². The number of aliphatic carboxylic acids is 1. The molecule has 110 valence electrons. The molecule has 1 aliphatic heterocycles. The number of hydrogen-bond acceptors (Lipinski definition) is 5. The van der Waals surface area contributed by atoms with Gasteiger partial charge in [-0.05, 0) is 25.2 Å². The molecule has 0 aromatic rings. The summed E-state index contributed by atoms with van der Waals surface area (Å²) in [5, 5.41) is 36.7. The Labute approximate surface area is 112 Å². The molecule has 0 saturated carbocycles. The minimum Gasteiger partial charge on any atom is -0.478 e. The summed E-state index contributed by atoms with van der Waals surface area (Å²) in [6.45, 7) is 3.18. The molecule has 19 heavy (non-hydrogen) atoms. The molecule has 0 aromatic carbocycles.